The van der Waals surface area contributed by atoms with Crippen molar-refractivity contribution in [2.45, 2.75) is 18.8 Å². The summed E-state index contributed by atoms with van der Waals surface area (Å²) >= 11 is 5.78. The van der Waals surface area contributed by atoms with Crippen LogP contribution >= 0.6 is 11.6 Å². The molecule has 0 spiro atoms. The molecular formula is C13H15ClN2O. The highest BCUT2D eigenvalue weighted by Crippen LogP contribution is 2.25. The van der Waals surface area contributed by atoms with Gasteiger partial charge in [-0.3, -0.25) is 0 Å². The number of nitrogens with zero attached hydrogens (tertiary/aromatic N) is 2. The van der Waals surface area contributed by atoms with E-state index in [1.807, 2.05) is 18.2 Å². The molecule has 1 aromatic rings. The normalized spacial score (nSPS) is 20.1. The molecule has 1 heterocycles. The van der Waals surface area contributed by atoms with Gasteiger partial charge in [0.2, 0.25) is 0 Å². The van der Waals surface area contributed by atoms with Gasteiger partial charge in [-0.25, -0.2) is 0 Å². The fourth-order valence-electron chi connectivity index (χ4n) is 2.09. The van der Waals surface area contributed by atoms with E-state index in [9.17, 15) is 5.26 Å². The second-order valence-electron chi connectivity index (χ2n) is 4.21. The van der Waals surface area contributed by atoms with Crippen molar-refractivity contribution >= 4 is 17.3 Å². The fraction of sp³-hybridized carbons (Fsp3) is 0.462. The van der Waals surface area contributed by atoms with Crippen LogP contribution < -0.4 is 4.90 Å². The lowest BCUT2D eigenvalue weighted by molar-refractivity contribution is 0.0989. The van der Waals surface area contributed by atoms with Crippen LogP contribution in [0.25, 0.3) is 0 Å². The van der Waals surface area contributed by atoms with Gasteiger partial charge in [0, 0.05) is 18.5 Å². The van der Waals surface area contributed by atoms with Crippen LogP contribution in [0, 0.1) is 11.3 Å². The van der Waals surface area contributed by atoms with Gasteiger partial charge >= 0.3 is 0 Å². The Hall–Kier alpha value is -1.24. The molecule has 1 unspecified atom stereocenters. The molecule has 1 atom stereocenters. The van der Waals surface area contributed by atoms with Crippen LogP contribution in [-0.2, 0) is 10.6 Å². The summed E-state index contributed by atoms with van der Waals surface area (Å²) in [4.78, 5) is 2.22. The third-order valence-electron chi connectivity index (χ3n) is 3.01. The molecule has 90 valence electrons. The van der Waals surface area contributed by atoms with Gasteiger partial charge in [0.05, 0.1) is 24.5 Å². The van der Waals surface area contributed by atoms with Gasteiger partial charge in [0.25, 0.3) is 0 Å². The SMILES string of the molecule is CC1COCCN1c1ccc(CCl)cc1C#N. The average Bonchev–Trinajstić information content (AvgIpc) is 2.38. The summed E-state index contributed by atoms with van der Waals surface area (Å²) in [6, 6.07) is 8.38. The molecule has 4 heteroatoms. The summed E-state index contributed by atoms with van der Waals surface area (Å²) in [5.74, 6) is 0.438. The van der Waals surface area contributed by atoms with Crippen molar-refractivity contribution in [2.75, 3.05) is 24.7 Å². The first-order chi connectivity index (χ1) is 8.26. The van der Waals surface area contributed by atoms with Crippen LogP contribution in [0.4, 0.5) is 5.69 Å². The number of morpholine rings is 1. The minimum absolute atomic E-state index is 0.303. The van der Waals surface area contributed by atoms with Crippen LogP contribution in [0.15, 0.2) is 18.2 Å². The lowest BCUT2D eigenvalue weighted by atomic mass is 10.1. The van der Waals surface area contributed by atoms with Crippen molar-refractivity contribution in [3.8, 4) is 6.07 Å². The summed E-state index contributed by atoms with van der Waals surface area (Å²) < 4.78 is 5.41. The number of hydrogen-bond donors (Lipinski definition) is 0. The second-order valence-corrected chi connectivity index (χ2v) is 4.48. The minimum atomic E-state index is 0.303. The predicted molar refractivity (Wildman–Crippen MR) is 68.3 cm³/mol. The van der Waals surface area contributed by atoms with Gasteiger partial charge in [-0.2, -0.15) is 5.26 Å². The number of halogens is 1. The Morgan fingerprint density at radius 2 is 2.41 bits per heavy atom. The first-order valence-electron chi connectivity index (χ1n) is 5.69. The lowest BCUT2D eigenvalue weighted by Gasteiger charge is -2.35. The van der Waals surface area contributed by atoms with Crippen molar-refractivity contribution in [1.29, 1.82) is 5.26 Å². The number of nitriles is 1. The summed E-state index contributed by atoms with van der Waals surface area (Å²) in [5, 5.41) is 9.20. The maximum absolute atomic E-state index is 9.20. The van der Waals surface area contributed by atoms with E-state index < -0.39 is 0 Å². The highest BCUT2D eigenvalue weighted by atomic mass is 35.5. The molecular weight excluding hydrogens is 236 g/mol. The van der Waals surface area contributed by atoms with Gasteiger partial charge in [-0.1, -0.05) is 6.07 Å². The molecule has 1 aliphatic heterocycles. The molecule has 1 aliphatic rings. The van der Waals surface area contributed by atoms with E-state index in [1.165, 1.54) is 0 Å². The highest BCUT2D eigenvalue weighted by Gasteiger charge is 2.21. The van der Waals surface area contributed by atoms with E-state index in [1.54, 1.807) is 0 Å². The summed E-state index contributed by atoms with van der Waals surface area (Å²) in [7, 11) is 0. The number of ether oxygens (including phenoxy) is 1. The first-order valence-corrected chi connectivity index (χ1v) is 6.23. The molecule has 0 aromatic heterocycles. The first kappa shape index (κ1) is 12.2. The van der Waals surface area contributed by atoms with E-state index in [0.29, 0.717) is 30.7 Å². The standard InChI is InChI=1S/C13H15ClN2O/c1-10-9-17-5-4-16(10)13-3-2-11(7-14)6-12(13)8-15/h2-3,6,10H,4-5,7,9H2,1H3. The zero-order chi connectivity index (χ0) is 12.3. The Morgan fingerprint density at radius 1 is 1.59 bits per heavy atom. The Labute approximate surface area is 107 Å². The Bertz CT molecular complexity index is 442. The zero-order valence-electron chi connectivity index (χ0n) is 9.82. The van der Waals surface area contributed by atoms with Crippen molar-refractivity contribution in [3.05, 3.63) is 29.3 Å². The maximum Gasteiger partial charge on any atom is 0.101 e. The predicted octanol–water partition coefficient (Wildman–Crippen LogP) is 2.52. The van der Waals surface area contributed by atoms with Crippen LogP contribution in [0.1, 0.15) is 18.1 Å². The van der Waals surface area contributed by atoms with Gasteiger partial charge in [-0.05, 0) is 24.6 Å². The van der Waals surface area contributed by atoms with Crippen LogP contribution in [0.2, 0.25) is 0 Å². The highest BCUT2D eigenvalue weighted by molar-refractivity contribution is 6.17. The summed E-state index contributed by atoms with van der Waals surface area (Å²) in [5.41, 5.74) is 2.65. The monoisotopic (exact) mass is 250 g/mol. The molecule has 0 aliphatic carbocycles. The van der Waals surface area contributed by atoms with Gasteiger partial charge in [-0.15, -0.1) is 11.6 Å². The van der Waals surface area contributed by atoms with Crippen molar-refractivity contribution < 1.29 is 4.74 Å². The van der Waals surface area contributed by atoms with Crippen molar-refractivity contribution in [1.82, 2.24) is 0 Å². The topological polar surface area (TPSA) is 36.3 Å². The van der Waals surface area contributed by atoms with Crippen molar-refractivity contribution in [2.24, 2.45) is 0 Å². The van der Waals surface area contributed by atoms with Gasteiger partial charge in [0.1, 0.15) is 6.07 Å². The van der Waals surface area contributed by atoms with Crippen LogP contribution in [0.5, 0.6) is 0 Å². The molecule has 0 amide bonds. The van der Waals surface area contributed by atoms with Crippen LogP contribution in [0.3, 0.4) is 0 Å². The molecule has 1 saturated heterocycles. The fourth-order valence-corrected chi connectivity index (χ4v) is 2.26. The molecule has 0 bridgehead atoms. The molecule has 0 N–H and O–H groups in total. The summed E-state index contributed by atoms with van der Waals surface area (Å²) in [6.45, 7) is 4.36. The van der Waals surface area contributed by atoms with E-state index in [-0.39, 0.29) is 0 Å². The number of alkyl halides is 1. The van der Waals surface area contributed by atoms with Crippen LogP contribution in [-0.4, -0.2) is 25.8 Å². The largest absolute Gasteiger partial charge is 0.377 e. The number of benzene rings is 1. The molecule has 1 fully saturated rings. The molecule has 0 saturated carbocycles. The lowest BCUT2D eigenvalue weighted by Crippen LogP contribution is -2.44. The molecule has 0 radical (unpaired) electrons. The molecule has 1 aromatic carbocycles. The van der Waals surface area contributed by atoms with E-state index in [4.69, 9.17) is 16.3 Å². The Balaban J connectivity index is 2.34. The number of hydrogen-bond acceptors (Lipinski definition) is 3. The summed E-state index contributed by atoms with van der Waals surface area (Å²) in [6.07, 6.45) is 0. The Kier molecular flexibility index (Phi) is 3.88. The second kappa shape index (κ2) is 5.39. The van der Waals surface area contributed by atoms with E-state index in [0.717, 1.165) is 17.8 Å². The smallest absolute Gasteiger partial charge is 0.101 e. The van der Waals surface area contributed by atoms with E-state index >= 15 is 0 Å². The third kappa shape index (κ3) is 2.54. The maximum atomic E-state index is 9.20. The van der Waals surface area contributed by atoms with Crippen molar-refractivity contribution in [3.63, 3.8) is 0 Å². The van der Waals surface area contributed by atoms with Gasteiger partial charge in [0.15, 0.2) is 0 Å². The zero-order valence-corrected chi connectivity index (χ0v) is 10.6. The number of anilines is 1. The van der Waals surface area contributed by atoms with E-state index in [2.05, 4.69) is 17.9 Å². The number of rotatable bonds is 2. The third-order valence-corrected chi connectivity index (χ3v) is 3.32. The molecule has 2 rings (SSSR count). The Morgan fingerprint density at radius 3 is 3.06 bits per heavy atom. The molecule has 17 heavy (non-hydrogen) atoms. The van der Waals surface area contributed by atoms with Gasteiger partial charge < -0.3 is 9.64 Å². The minimum Gasteiger partial charge on any atom is -0.377 e. The average molecular weight is 251 g/mol. The quantitative estimate of drug-likeness (QED) is 0.757. The molecule has 3 nitrogen and oxygen atoms in total.